The van der Waals surface area contributed by atoms with Crippen LogP contribution < -0.4 is 5.73 Å². The second kappa shape index (κ2) is 5.03. The van der Waals surface area contributed by atoms with Crippen molar-refractivity contribution in [2.45, 2.75) is 25.8 Å². The van der Waals surface area contributed by atoms with Crippen molar-refractivity contribution in [2.75, 3.05) is 0 Å². The maximum absolute atomic E-state index is 14.0. The van der Waals surface area contributed by atoms with Gasteiger partial charge >= 0.3 is 0 Å². The lowest BCUT2D eigenvalue weighted by atomic mass is 9.95. The van der Waals surface area contributed by atoms with Crippen LogP contribution in [-0.4, -0.2) is 0 Å². The van der Waals surface area contributed by atoms with E-state index in [2.05, 4.69) is 0 Å². The average molecular weight is 310 g/mol. The zero-order valence-electron chi connectivity index (χ0n) is 11.0. The molecule has 1 nitrogen and oxygen atoms in total. The average Bonchev–Trinajstić information content (AvgIpc) is 2.80. The summed E-state index contributed by atoms with van der Waals surface area (Å²) in [4.78, 5) is 0. The molecule has 2 N–H and O–H groups in total. The highest BCUT2D eigenvalue weighted by Crippen LogP contribution is 2.43. The van der Waals surface area contributed by atoms with Gasteiger partial charge in [0, 0.05) is 22.2 Å². The largest absolute Gasteiger partial charge is 0.324 e. The Hall–Kier alpha value is -1.09. The number of halogens is 3. The van der Waals surface area contributed by atoms with E-state index >= 15 is 0 Å². The Balaban J connectivity index is 2.31. The Morgan fingerprint density at radius 1 is 1.20 bits per heavy atom. The number of fused-ring (bicyclic) bond motifs is 1. The molecule has 0 fully saturated rings. The fourth-order valence-corrected chi connectivity index (χ4v) is 3.46. The normalized spacial score (nSPS) is 17.4. The zero-order chi connectivity index (χ0) is 14.4. The van der Waals surface area contributed by atoms with E-state index < -0.39 is 0 Å². The molecule has 0 bridgehead atoms. The molecule has 104 valence electrons. The minimum absolute atomic E-state index is 0.242. The van der Waals surface area contributed by atoms with Crippen LogP contribution in [0.3, 0.4) is 0 Å². The van der Waals surface area contributed by atoms with Crippen LogP contribution in [0.2, 0.25) is 10.0 Å². The minimum atomic E-state index is -0.243. The summed E-state index contributed by atoms with van der Waals surface area (Å²) in [6.07, 6.45) is 1.51. The Bertz CT molecular complexity index is 697. The van der Waals surface area contributed by atoms with Crippen LogP contribution in [0.5, 0.6) is 0 Å². The molecule has 1 atom stereocenters. The fourth-order valence-electron chi connectivity index (χ4n) is 2.89. The van der Waals surface area contributed by atoms with E-state index in [-0.39, 0.29) is 11.9 Å². The van der Waals surface area contributed by atoms with Crippen molar-refractivity contribution >= 4 is 23.2 Å². The lowest BCUT2D eigenvalue weighted by Gasteiger charge is -2.15. The maximum Gasteiger partial charge on any atom is 0.128 e. The summed E-state index contributed by atoms with van der Waals surface area (Å²) in [7, 11) is 0. The van der Waals surface area contributed by atoms with E-state index in [1.54, 1.807) is 6.07 Å². The molecule has 0 amide bonds. The highest BCUT2D eigenvalue weighted by Gasteiger charge is 2.27. The standard InChI is InChI=1S/C16H14Cl2FN/c1-8-2-5-11(17)14(16(8)18)9-3-6-12(19)15-10(9)4-7-13(15)20/h2-3,5-6,13H,4,7,20H2,1H3/t13-/m1/s1. The van der Waals surface area contributed by atoms with Crippen LogP contribution in [0.15, 0.2) is 24.3 Å². The predicted octanol–water partition coefficient (Wildman–Crippen LogP) is 5.05. The second-order valence-corrected chi connectivity index (χ2v) is 5.97. The Morgan fingerprint density at radius 2 is 1.95 bits per heavy atom. The molecule has 0 aliphatic heterocycles. The Labute approximate surface area is 127 Å². The first-order valence-electron chi connectivity index (χ1n) is 6.52. The maximum atomic E-state index is 14.0. The molecule has 4 heteroatoms. The van der Waals surface area contributed by atoms with Gasteiger partial charge in [0.25, 0.3) is 0 Å². The number of hydrogen-bond acceptors (Lipinski definition) is 1. The first-order valence-corrected chi connectivity index (χ1v) is 7.28. The fraction of sp³-hybridized carbons (Fsp3) is 0.250. The lowest BCUT2D eigenvalue weighted by Crippen LogP contribution is -2.07. The van der Waals surface area contributed by atoms with Gasteiger partial charge in [0.15, 0.2) is 0 Å². The smallest absolute Gasteiger partial charge is 0.128 e. The van der Waals surface area contributed by atoms with Gasteiger partial charge in [-0.1, -0.05) is 35.3 Å². The topological polar surface area (TPSA) is 26.0 Å². The van der Waals surface area contributed by atoms with Crippen molar-refractivity contribution in [1.29, 1.82) is 0 Å². The molecule has 0 saturated heterocycles. The van der Waals surface area contributed by atoms with E-state index in [0.29, 0.717) is 15.6 Å². The van der Waals surface area contributed by atoms with Crippen molar-refractivity contribution in [2.24, 2.45) is 5.73 Å². The van der Waals surface area contributed by atoms with Gasteiger partial charge in [-0.15, -0.1) is 0 Å². The summed E-state index contributed by atoms with van der Waals surface area (Å²) < 4.78 is 14.0. The van der Waals surface area contributed by atoms with Crippen molar-refractivity contribution < 1.29 is 4.39 Å². The number of rotatable bonds is 1. The van der Waals surface area contributed by atoms with Crippen molar-refractivity contribution in [3.8, 4) is 11.1 Å². The van der Waals surface area contributed by atoms with E-state index in [1.807, 2.05) is 19.1 Å². The number of hydrogen-bond donors (Lipinski definition) is 1. The first kappa shape index (κ1) is 13.9. The summed E-state index contributed by atoms with van der Waals surface area (Å²) in [6, 6.07) is 6.66. The monoisotopic (exact) mass is 309 g/mol. The summed E-state index contributed by atoms with van der Waals surface area (Å²) in [5, 5.41) is 1.20. The van der Waals surface area contributed by atoms with Gasteiger partial charge < -0.3 is 5.73 Å². The highest BCUT2D eigenvalue weighted by atomic mass is 35.5. The molecule has 2 aromatic carbocycles. The quantitative estimate of drug-likeness (QED) is 0.783. The number of aryl methyl sites for hydroxylation is 1. The van der Waals surface area contributed by atoms with Crippen LogP contribution in [0, 0.1) is 12.7 Å². The summed E-state index contributed by atoms with van der Waals surface area (Å²) in [5.74, 6) is -0.242. The van der Waals surface area contributed by atoms with Gasteiger partial charge in [0.2, 0.25) is 0 Å². The van der Waals surface area contributed by atoms with E-state index in [4.69, 9.17) is 28.9 Å². The molecular formula is C16H14Cl2FN. The van der Waals surface area contributed by atoms with Crippen molar-refractivity contribution in [3.05, 3.63) is 56.8 Å². The molecule has 1 aliphatic rings. The molecule has 0 radical (unpaired) electrons. The van der Waals surface area contributed by atoms with Crippen LogP contribution >= 0.6 is 23.2 Å². The summed E-state index contributed by atoms with van der Waals surface area (Å²) in [5.41, 5.74) is 10.2. The third kappa shape index (κ3) is 2.03. The first-order chi connectivity index (χ1) is 9.50. The molecule has 0 unspecified atom stereocenters. The van der Waals surface area contributed by atoms with Gasteiger partial charge in [-0.25, -0.2) is 4.39 Å². The van der Waals surface area contributed by atoms with Crippen LogP contribution in [0.4, 0.5) is 4.39 Å². The lowest BCUT2D eigenvalue weighted by molar-refractivity contribution is 0.589. The molecule has 0 saturated carbocycles. The van der Waals surface area contributed by atoms with Crippen molar-refractivity contribution in [1.82, 2.24) is 0 Å². The second-order valence-electron chi connectivity index (χ2n) is 5.19. The predicted molar refractivity (Wildman–Crippen MR) is 81.8 cm³/mol. The number of nitrogens with two attached hydrogens (primary N) is 1. The minimum Gasteiger partial charge on any atom is -0.324 e. The highest BCUT2D eigenvalue weighted by molar-refractivity contribution is 6.39. The molecule has 2 aromatic rings. The Morgan fingerprint density at radius 3 is 2.70 bits per heavy atom. The van der Waals surface area contributed by atoms with Crippen LogP contribution in [-0.2, 0) is 6.42 Å². The third-order valence-corrected chi connectivity index (χ3v) is 4.74. The molecule has 1 aliphatic carbocycles. The van der Waals surface area contributed by atoms with Gasteiger partial charge in [-0.2, -0.15) is 0 Å². The Kier molecular flexibility index (Phi) is 3.49. The molecule has 3 rings (SSSR count). The molecule has 20 heavy (non-hydrogen) atoms. The van der Waals surface area contributed by atoms with Crippen molar-refractivity contribution in [3.63, 3.8) is 0 Å². The summed E-state index contributed by atoms with van der Waals surface area (Å²) in [6.45, 7) is 1.93. The number of benzene rings is 2. The van der Waals surface area contributed by atoms with E-state index in [1.165, 1.54) is 6.07 Å². The van der Waals surface area contributed by atoms with E-state index in [0.717, 1.165) is 35.1 Å². The summed E-state index contributed by atoms with van der Waals surface area (Å²) >= 11 is 12.7. The van der Waals surface area contributed by atoms with Crippen LogP contribution in [0.1, 0.15) is 29.2 Å². The van der Waals surface area contributed by atoms with Gasteiger partial charge in [0.05, 0.1) is 5.02 Å². The van der Waals surface area contributed by atoms with E-state index in [9.17, 15) is 4.39 Å². The van der Waals surface area contributed by atoms with Gasteiger partial charge in [0.1, 0.15) is 5.82 Å². The molecule has 0 heterocycles. The van der Waals surface area contributed by atoms with Gasteiger partial charge in [-0.3, -0.25) is 0 Å². The zero-order valence-corrected chi connectivity index (χ0v) is 12.5. The SMILES string of the molecule is Cc1ccc(Cl)c(-c2ccc(F)c3c2CC[C@H]3N)c1Cl. The van der Waals surface area contributed by atoms with Crippen LogP contribution in [0.25, 0.3) is 11.1 Å². The van der Waals surface area contributed by atoms with Gasteiger partial charge in [-0.05, 0) is 48.6 Å². The molecule has 0 aromatic heterocycles. The third-order valence-electron chi connectivity index (χ3n) is 3.93. The molecular weight excluding hydrogens is 296 g/mol. The molecule has 0 spiro atoms.